The number of nitrogens with one attached hydrogen (secondary N) is 2. The zero-order valence-electron chi connectivity index (χ0n) is 17.2. The van der Waals surface area contributed by atoms with E-state index >= 15 is 0 Å². The molecule has 34 heavy (non-hydrogen) atoms. The first-order valence-corrected chi connectivity index (χ1v) is 11.2. The summed E-state index contributed by atoms with van der Waals surface area (Å²) in [7, 11) is -4.07. The molecule has 0 atom stereocenters. The van der Waals surface area contributed by atoms with Gasteiger partial charge >= 0.3 is 6.18 Å². The van der Waals surface area contributed by atoms with E-state index in [-0.39, 0.29) is 21.7 Å². The molecule has 174 valence electrons. The molecule has 0 saturated heterocycles. The number of carbonyl (C=O) groups is 1. The van der Waals surface area contributed by atoms with Crippen molar-refractivity contribution >= 4 is 32.6 Å². The van der Waals surface area contributed by atoms with Crippen LogP contribution in [0.2, 0.25) is 0 Å². The van der Waals surface area contributed by atoms with Gasteiger partial charge in [-0.25, -0.2) is 0 Å². The number of nitrogens with zero attached hydrogens (tertiary/aromatic N) is 1. The minimum Gasteiger partial charge on any atom is -0.436 e. The molecule has 1 amide bonds. The standard InChI is InChI=1S/C23H16F3N3O4S/c24-23(25,26)16-8-6-9-17(14-16)27-21(30)19-13-15-7-4-5-12-20(15)33-22(19)28-29-34(31,32)18-10-2-1-3-11-18/h1-14,29H,(H,27,30)/b28-22-. The first-order chi connectivity index (χ1) is 16.1. The zero-order chi connectivity index (χ0) is 24.3. The number of amides is 1. The Labute approximate surface area is 191 Å². The van der Waals surface area contributed by atoms with Crippen molar-refractivity contribution in [3.8, 4) is 0 Å². The fourth-order valence-electron chi connectivity index (χ4n) is 3.04. The highest BCUT2D eigenvalue weighted by molar-refractivity contribution is 7.89. The average molecular weight is 487 g/mol. The van der Waals surface area contributed by atoms with Crippen LogP contribution in [0, 0.1) is 0 Å². The first kappa shape index (κ1) is 23.1. The summed E-state index contributed by atoms with van der Waals surface area (Å²) in [4.78, 5) is 14.9. The van der Waals surface area contributed by atoms with Crippen LogP contribution in [0.4, 0.5) is 18.9 Å². The van der Waals surface area contributed by atoms with Crippen LogP contribution < -0.4 is 15.7 Å². The van der Waals surface area contributed by atoms with Gasteiger partial charge in [-0.2, -0.15) is 26.4 Å². The monoisotopic (exact) mass is 487 g/mol. The number of anilines is 1. The Morgan fingerprint density at radius 3 is 2.32 bits per heavy atom. The lowest BCUT2D eigenvalue weighted by atomic mass is 10.1. The number of carbonyl (C=O) groups excluding carboxylic acids is 1. The number of hydrogen-bond acceptors (Lipinski definition) is 5. The number of rotatable bonds is 5. The number of sulfonamides is 1. The van der Waals surface area contributed by atoms with Crippen molar-refractivity contribution in [1.82, 2.24) is 4.83 Å². The van der Waals surface area contributed by atoms with E-state index < -0.39 is 27.7 Å². The number of fused-ring (bicyclic) bond motifs is 1. The zero-order valence-corrected chi connectivity index (χ0v) is 18.0. The fourth-order valence-corrected chi connectivity index (χ4v) is 3.86. The summed E-state index contributed by atoms with van der Waals surface area (Å²) < 4.78 is 69.7. The van der Waals surface area contributed by atoms with E-state index in [4.69, 9.17) is 4.42 Å². The van der Waals surface area contributed by atoms with Crippen LogP contribution in [0.15, 0.2) is 99.3 Å². The molecule has 0 aliphatic rings. The van der Waals surface area contributed by atoms with E-state index in [9.17, 15) is 26.4 Å². The van der Waals surface area contributed by atoms with E-state index in [1.165, 1.54) is 36.4 Å². The second-order valence-corrected chi connectivity index (χ2v) is 8.72. The molecular weight excluding hydrogens is 471 g/mol. The summed E-state index contributed by atoms with van der Waals surface area (Å²) in [5.74, 6) is -0.841. The van der Waals surface area contributed by atoms with Gasteiger partial charge in [0.1, 0.15) is 11.1 Å². The van der Waals surface area contributed by atoms with Gasteiger partial charge < -0.3 is 9.73 Å². The molecule has 1 heterocycles. The van der Waals surface area contributed by atoms with Gasteiger partial charge in [0.25, 0.3) is 15.9 Å². The molecule has 11 heteroatoms. The first-order valence-electron chi connectivity index (χ1n) is 9.75. The van der Waals surface area contributed by atoms with Crippen LogP contribution in [-0.4, -0.2) is 14.3 Å². The van der Waals surface area contributed by atoms with Gasteiger partial charge in [0.2, 0.25) is 5.55 Å². The van der Waals surface area contributed by atoms with Crippen LogP contribution in [-0.2, 0) is 16.2 Å². The topological polar surface area (TPSA) is 101 Å². The number of para-hydroxylation sites is 1. The van der Waals surface area contributed by atoms with Crippen molar-refractivity contribution in [2.24, 2.45) is 5.10 Å². The van der Waals surface area contributed by atoms with E-state index in [0.29, 0.717) is 11.0 Å². The molecule has 0 unspecified atom stereocenters. The summed E-state index contributed by atoms with van der Waals surface area (Å²) >= 11 is 0. The van der Waals surface area contributed by atoms with Gasteiger partial charge in [0, 0.05) is 11.1 Å². The van der Waals surface area contributed by atoms with Crippen LogP contribution in [0.1, 0.15) is 15.9 Å². The van der Waals surface area contributed by atoms with Crippen molar-refractivity contribution in [3.63, 3.8) is 0 Å². The van der Waals surface area contributed by atoms with Crippen LogP contribution >= 0.6 is 0 Å². The van der Waals surface area contributed by atoms with Crippen LogP contribution in [0.3, 0.4) is 0 Å². The molecule has 0 radical (unpaired) electrons. The molecule has 3 aromatic carbocycles. The largest absolute Gasteiger partial charge is 0.436 e. The van der Waals surface area contributed by atoms with Crippen molar-refractivity contribution < 1.29 is 30.8 Å². The van der Waals surface area contributed by atoms with Crippen molar-refractivity contribution in [2.45, 2.75) is 11.1 Å². The molecule has 0 bridgehead atoms. The maximum absolute atomic E-state index is 13.0. The van der Waals surface area contributed by atoms with Gasteiger partial charge in [0.15, 0.2) is 0 Å². The highest BCUT2D eigenvalue weighted by Crippen LogP contribution is 2.30. The van der Waals surface area contributed by atoms with Crippen molar-refractivity contribution in [1.29, 1.82) is 0 Å². The SMILES string of the molecule is O=C(Nc1cccc(C(F)(F)F)c1)c1cc2ccccc2o/c1=N\NS(=O)(=O)c1ccccc1. The summed E-state index contributed by atoms with van der Waals surface area (Å²) in [5.41, 5.74) is -1.29. The summed E-state index contributed by atoms with van der Waals surface area (Å²) in [5, 5.41) is 6.65. The van der Waals surface area contributed by atoms with Gasteiger partial charge in [-0.05, 0) is 42.5 Å². The predicted molar refractivity (Wildman–Crippen MR) is 118 cm³/mol. The van der Waals surface area contributed by atoms with E-state index in [1.54, 1.807) is 30.3 Å². The van der Waals surface area contributed by atoms with Gasteiger partial charge in [-0.3, -0.25) is 4.79 Å². The maximum atomic E-state index is 13.0. The van der Waals surface area contributed by atoms with E-state index in [0.717, 1.165) is 18.2 Å². The Bertz CT molecular complexity index is 1530. The summed E-state index contributed by atoms with van der Waals surface area (Å²) in [6.45, 7) is 0. The lowest BCUT2D eigenvalue weighted by molar-refractivity contribution is -0.137. The van der Waals surface area contributed by atoms with Crippen molar-refractivity contribution in [3.05, 3.63) is 102 Å². The Morgan fingerprint density at radius 1 is 0.882 bits per heavy atom. The number of benzene rings is 3. The highest BCUT2D eigenvalue weighted by Gasteiger charge is 2.30. The third kappa shape index (κ3) is 5.09. The molecule has 0 aliphatic heterocycles. The molecule has 7 nitrogen and oxygen atoms in total. The Balaban J connectivity index is 1.74. The predicted octanol–water partition coefficient (Wildman–Crippen LogP) is 4.50. The molecule has 0 spiro atoms. The van der Waals surface area contributed by atoms with Crippen LogP contribution in [0.25, 0.3) is 11.0 Å². The second kappa shape index (κ2) is 9.02. The molecular formula is C23H16F3N3O4S. The van der Waals surface area contributed by atoms with Crippen LogP contribution in [0.5, 0.6) is 0 Å². The second-order valence-electron chi connectivity index (χ2n) is 7.06. The highest BCUT2D eigenvalue weighted by atomic mass is 32.2. The fraction of sp³-hybridized carbons (Fsp3) is 0.0435. The molecule has 0 saturated carbocycles. The molecule has 0 fully saturated rings. The third-order valence-electron chi connectivity index (χ3n) is 4.67. The summed E-state index contributed by atoms with van der Waals surface area (Å²) in [6, 6.07) is 19.5. The smallest absolute Gasteiger partial charge is 0.416 e. The number of alkyl halides is 3. The summed E-state index contributed by atoms with van der Waals surface area (Å²) in [6.07, 6.45) is -4.59. The molecule has 1 aromatic heterocycles. The minimum absolute atomic E-state index is 0.0606. The third-order valence-corrected chi connectivity index (χ3v) is 5.89. The Kier molecular flexibility index (Phi) is 6.12. The van der Waals surface area contributed by atoms with Gasteiger partial charge in [-0.1, -0.05) is 42.5 Å². The average Bonchev–Trinajstić information content (AvgIpc) is 2.82. The minimum atomic E-state index is -4.59. The lowest BCUT2D eigenvalue weighted by Crippen LogP contribution is -2.27. The quantitative estimate of drug-likeness (QED) is 0.405. The molecule has 4 rings (SSSR count). The number of hydrogen-bond donors (Lipinski definition) is 2. The lowest BCUT2D eigenvalue weighted by Gasteiger charge is -2.10. The maximum Gasteiger partial charge on any atom is 0.416 e. The van der Waals surface area contributed by atoms with E-state index in [2.05, 4.69) is 10.4 Å². The molecule has 4 aromatic rings. The Hall–Kier alpha value is -4.12. The Morgan fingerprint density at radius 2 is 1.59 bits per heavy atom. The van der Waals surface area contributed by atoms with E-state index in [1.807, 2.05) is 4.83 Å². The molecule has 0 aliphatic carbocycles. The normalized spacial score (nSPS) is 12.5. The number of halogens is 3. The van der Waals surface area contributed by atoms with Gasteiger partial charge in [0.05, 0.1) is 10.5 Å². The van der Waals surface area contributed by atoms with Crippen molar-refractivity contribution in [2.75, 3.05) is 5.32 Å². The molecule has 2 N–H and O–H groups in total. The van der Waals surface area contributed by atoms with Gasteiger partial charge in [-0.15, -0.1) is 5.10 Å².